The number of carbonyl (C=O) groups excluding carboxylic acids is 2. The molecule has 5 nitrogen and oxygen atoms in total. The maximum absolute atomic E-state index is 13.0. The molecule has 0 saturated carbocycles. The first-order chi connectivity index (χ1) is 14.6. The van der Waals surface area contributed by atoms with Crippen LogP contribution in [-0.2, 0) is 9.59 Å². The van der Waals surface area contributed by atoms with Crippen molar-refractivity contribution < 1.29 is 9.59 Å². The first-order valence-corrected chi connectivity index (χ1v) is 11.3. The van der Waals surface area contributed by atoms with Crippen molar-refractivity contribution in [2.75, 3.05) is 16.0 Å². The van der Waals surface area contributed by atoms with Crippen LogP contribution in [0.2, 0.25) is 5.02 Å². The molecule has 1 N–H and O–H groups in total. The summed E-state index contributed by atoms with van der Waals surface area (Å²) in [7, 11) is 0. The molecule has 0 spiro atoms. The van der Waals surface area contributed by atoms with E-state index in [0.717, 1.165) is 4.88 Å². The SMILES string of the molecule is O=C(CSC1=N/C(=C\c2cccs2)C(=O)N1c1ccccc1)Nc1ccc(Cl)cc1. The first kappa shape index (κ1) is 20.4. The highest BCUT2D eigenvalue weighted by Crippen LogP contribution is 2.30. The van der Waals surface area contributed by atoms with Gasteiger partial charge >= 0.3 is 0 Å². The molecule has 3 aromatic rings. The van der Waals surface area contributed by atoms with Crippen molar-refractivity contribution in [3.63, 3.8) is 0 Å². The van der Waals surface area contributed by atoms with Crippen molar-refractivity contribution in [1.82, 2.24) is 0 Å². The predicted octanol–water partition coefficient (Wildman–Crippen LogP) is 5.52. The smallest absolute Gasteiger partial charge is 0.283 e. The third-order valence-corrected chi connectivity index (χ3v) is 6.14. The number of amides is 2. The maximum atomic E-state index is 13.0. The molecular weight excluding hydrogens is 438 g/mol. The van der Waals surface area contributed by atoms with E-state index in [1.165, 1.54) is 23.1 Å². The Bertz CT molecular complexity index is 1110. The lowest BCUT2D eigenvalue weighted by atomic mass is 10.3. The fraction of sp³-hybridized carbons (Fsp3) is 0.0455. The Labute approximate surface area is 187 Å². The lowest BCUT2D eigenvalue weighted by molar-refractivity contribution is -0.114. The third-order valence-electron chi connectivity index (χ3n) is 4.13. The van der Waals surface area contributed by atoms with Crippen LogP contribution >= 0.6 is 34.7 Å². The van der Waals surface area contributed by atoms with Gasteiger partial charge in [0.1, 0.15) is 5.70 Å². The molecule has 2 amide bonds. The average Bonchev–Trinajstić information content (AvgIpc) is 3.37. The Morgan fingerprint density at radius 2 is 1.87 bits per heavy atom. The molecule has 2 aromatic carbocycles. The molecule has 1 aromatic heterocycles. The highest BCUT2D eigenvalue weighted by molar-refractivity contribution is 8.14. The van der Waals surface area contributed by atoms with E-state index in [-0.39, 0.29) is 17.6 Å². The summed E-state index contributed by atoms with van der Waals surface area (Å²) in [6, 6.07) is 20.0. The molecule has 1 aliphatic rings. The molecule has 0 aliphatic carbocycles. The second kappa shape index (κ2) is 9.30. The highest BCUT2D eigenvalue weighted by atomic mass is 35.5. The lowest BCUT2D eigenvalue weighted by Crippen LogP contribution is -2.31. The monoisotopic (exact) mass is 453 g/mol. The van der Waals surface area contributed by atoms with Gasteiger partial charge in [-0.1, -0.05) is 47.6 Å². The van der Waals surface area contributed by atoms with E-state index in [4.69, 9.17) is 11.6 Å². The van der Waals surface area contributed by atoms with Crippen molar-refractivity contribution in [3.8, 4) is 0 Å². The molecule has 30 heavy (non-hydrogen) atoms. The molecule has 0 unspecified atom stereocenters. The van der Waals surface area contributed by atoms with E-state index in [1.54, 1.807) is 35.2 Å². The molecule has 4 rings (SSSR count). The van der Waals surface area contributed by atoms with Gasteiger partial charge in [-0.05, 0) is 53.9 Å². The van der Waals surface area contributed by atoms with Crippen molar-refractivity contribution in [1.29, 1.82) is 0 Å². The number of para-hydroxylation sites is 1. The van der Waals surface area contributed by atoms with Gasteiger partial charge in [0, 0.05) is 15.6 Å². The summed E-state index contributed by atoms with van der Waals surface area (Å²) in [5, 5.41) is 5.84. The van der Waals surface area contributed by atoms with Crippen LogP contribution in [-0.4, -0.2) is 22.7 Å². The predicted molar refractivity (Wildman–Crippen MR) is 126 cm³/mol. The number of rotatable bonds is 5. The summed E-state index contributed by atoms with van der Waals surface area (Å²) in [5.41, 5.74) is 1.72. The van der Waals surface area contributed by atoms with Gasteiger partial charge in [0.2, 0.25) is 5.91 Å². The van der Waals surface area contributed by atoms with Crippen molar-refractivity contribution >= 4 is 69.1 Å². The summed E-state index contributed by atoms with van der Waals surface area (Å²) in [6.07, 6.45) is 1.77. The number of amidine groups is 1. The van der Waals surface area contributed by atoms with E-state index in [1.807, 2.05) is 47.8 Å². The molecule has 0 atom stereocenters. The molecule has 0 fully saturated rings. The molecule has 1 aliphatic heterocycles. The van der Waals surface area contributed by atoms with E-state index in [2.05, 4.69) is 10.3 Å². The molecular formula is C22H16ClN3O2S2. The van der Waals surface area contributed by atoms with Crippen molar-refractivity contribution in [2.24, 2.45) is 4.99 Å². The minimum Gasteiger partial charge on any atom is -0.325 e. The quantitative estimate of drug-likeness (QED) is 0.517. The van der Waals surface area contributed by atoms with E-state index >= 15 is 0 Å². The van der Waals surface area contributed by atoms with E-state index in [9.17, 15) is 9.59 Å². The Balaban J connectivity index is 1.52. The normalized spacial score (nSPS) is 14.8. The second-order valence-electron chi connectivity index (χ2n) is 6.26. The van der Waals surface area contributed by atoms with Gasteiger partial charge in [0.15, 0.2) is 5.17 Å². The molecule has 0 bridgehead atoms. The molecule has 150 valence electrons. The van der Waals surface area contributed by atoms with Crippen LogP contribution < -0.4 is 10.2 Å². The van der Waals surface area contributed by atoms with Crippen LogP contribution in [0.4, 0.5) is 11.4 Å². The molecule has 8 heteroatoms. The number of thioether (sulfide) groups is 1. The van der Waals surface area contributed by atoms with Gasteiger partial charge in [-0.25, -0.2) is 4.99 Å². The van der Waals surface area contributed by atoms with Gasteiger partial charge in [0.25, 0.3) is 5.91 Å². The van der Waals surface area contributed by atoms with Gasteiger partial charge < -0.3 is 5.32 Å². The molecule has 2 heterocycles. The van der Waals surface area contributed by atoms with Gasteiger partial charge in [-0.2, -0.15) is 0 Å². The van der Waals surface area contributed by atoms with Crippen LogP contribution in [0.1, 0.15) is 4.88 Å². The average molecular weight is 454 g/mol. The minimum absolute atomic E-state index is 0.115. The van der Waals surface area contributed by atoms with Crippen LogP contribution in [0.25, 0.3) is 6.08 Å². The van der Waals surface area contributed by atoms with Crippen LogP contribution in [0, 0.1) is 0 Å². The van der Waals surface area contributed by atoms with E-state index < -0.39 is 0 Å². The summed E-state index contributed by atoms with van der Waals surface area (Å²) >= 11 is 8.62. The Morgan fingerprint density at radius 1 is 1.10 bits per heavy atom. The van der Waals surface area contributed by atoms with Crippen molar-refractivity contribution in [2.45, 2.75) is 0 Å². The van der Waals surface area contributed by atoms with Crippen LogP contribution in [0.5, 0.6) is 0 Å². The fourth-order valence-corrected chi connectivity index (χ4v) is 4.36. The third kappa shape index (κ3) is 4.81. The number of carbonyl (C=O) groups is 2. The zero-order valence-corrected chi connectivity index (χ0v) is 18.0. The Hall–Kier alpha value is -2.87. The van der Waals surface area contributed by atoms with E-state index in [0.29, 0.717) is 27.3 Å². The number of thiophene rings is 1. The van der Waals surface area contributed by atoms with Crippen LogP contribution in [0.15, 0.2) is 82.8 Å². The summed E-state index contributed by atoms with van der Waals surface area (Å²) in [4.78, 5) is 32.4. The summed E-state index contributed by atoms with van der Waals surface area (Å²) in [5.74, 6) is -0.291. The minimum atomic E-state index is -0.213. The largest absolute Gasteiger partial charge is 0.325 e. The maximum Gasteiger partial charge on any atom is 0.283 e. The number of anilines is 2. The Kier molecular flexibility index (Phi) is 6.32. The number of benzene rings is 2. The fourth-order valence-electron chi connectivity index (χ4n) is 2.77. The number of nitrogens with zero attached hydrogens (tertiary/aromatic N) is 2. The number of nitrogens with one attached hydrogen (secondary N) is 1. The number of hydrogen-bond donors (Lipinski definition) is 1. The topological polar surface area (TPSA) is 61.8 Å². The number of halogens is 1. The zero-order valence-electron chi connectivity index (χ0n) is 15.6. The number of hydrogen-bond acceptors (Lipinski definition) is 5. The molecule has 0 saturated heterocycles. The number of aliphatic imine (C=N–C) groups is 1. The lowest BCUT2D eigenvalue weighted by Gasteiger charge is -2.17. The van der Waals surface area contributed by atoms with Crippen molar-refractivity contribution in [3.05, 3.63) is 87.7 Å². The molecule has 0 radical (unpaired) electrons. The van der Waals surface area contributed by atoms with Crippen LogP contribution in [0.3, 0.4) is 0 Å². The van der Waals surface area contributed by atoms with Gasteiger partial charge in [-0.3, -0.25) is 14.5 Å². The van der Waals surface area contributed by atoms with Gasteiger partial charge in [-0.15, -0.1) is 11.3 Å². The zero-order chi connectivity index (χ0) is 20.9. The summed E-state index contributed by atoms with van der Waals surface area (Å²) < 4.78 is 0. The Morgan fingerprint density at radius 3 is 2.57 bits per heavy atom. The summed E-state index contributed by atoms with van der Waals surface area (Å²) in [6.45, 7) is 0. The standard InChI is InChI=1S/C22H16ClN3O2S2/c23-15-8-10-16(11-9-15)24-20(27)14-30-22-25-19(13-18-7-4-12-29-18)21(28)26(22)17-5-2-1-3-6-17/h1-13H,14H2,(H,24,27)/b19-13-. The van der Waals surface area contributed by atoms with Gasteiger partial charge in [0.05, 0.1) is 11.4 Å². The second-order valence-corrected chi connectivity index (χ2v) is 8.62. The highest BCUT2D eigenvalue weighted by Gasteiger charge is 2.32. The first-order valence-electron chi connectivity index (χ1n) is 9.02.